The molecule has 3 heterocycles. The largest absolute Gasteiger partial charge is 0.462 e. The number of carbonyl (C=O) groups excluding carboxylic acids is 3. The zero-order valence-corrected chi connectivity index (χ0v) is 16.8. The zero-order valence-electron chi connectivity index (χ0n) is 15.9. The van der Waals surface area contributed by atoms with E-state index in [1.54, 1.807) is 20.8 Å². The number of esters is 2. The number of ether oxygens (including phenoxy) is 2. The van der Waals surface area contributed by atoms with Crippen molar-refractivity contribution in [2.24, 2.45) is 0 Å². The Morgan fingerprint density at radius 3 is 2.55 bits per heavy atom. The van der Waals surface area contributed by atoms with E-state index in [1.165, 1.54) is 21.9 Å². The number of hydrogen-bond acceptors (Lipinski definition) is 7. The summed E-state index contributed by atoms with van der Waals surface area (Å²) < 4.78 is 25.0. The van der Waals surface area contributed by atoms with Gasteiger partial charge in [-0.15, -0.1) is 11.3 Å². The average molecular weight is 419 g/mol. The van der Waals surface area contributed by atoms with Crippen molar-refractivity contribution in [1.29, 1.82) is 0 Å². The maximum Gasteiger partial charge on any atom is 0.342 e. The van der Waals surface area contributed by atoms with Gasteiger partial charge in [0.25, 0.3) is 5.91 Å². The number of halogens is 1. The van der Waals surface area contributed by atoms with Crippen molar-refractivity contribution in [3.8, 4) is 0 Å². The van der Waals surface area contributed by atoms with Gasteiger partial charge in [-0.3, -0.25) is 9.20 Å². The molecule has 0 unspecified atom stereocenters. The minimum Gasteiger partial charge on any atom is -0.462 e. The molecule has 8 nitrogen and oxygen atoms in total. The number of amides is 1. The van der Waals surface area contributed by atoms with Gasteiger partial charge in [0.1, 0.15) is 27.7 Å². The van der Waals surface area contributed by atoms with Crippen molar-refractivity contribution in [2.75, 3.05) is 18.5 Å². The van der Waals surface area contributed by atoms with Gasteiger partial charge in [0, 0.05) is 11.6 Å². The summed E-state index contributed by atoms with van der Waals surface area (Å²) in [5, 5.41) is 4.15. The maximum atomic E-state index is 13.6. The van der Waals surface area contributed by atoms with Crippen LogP contribution in [0.15, 0.2) is 23.7 Å². The lowest BCUT2D eigenvalue weighted by molar-refractivity contribution is 0.0481. The van der Waals surface area contributed by atoms with Gasteiger partial charge < -0.3 is 14.8 Å². The van der Waals surface area contributed by atoms with Crippen molar-refractivity contribution in [2.45, 2.75) is 20.8 Å². The minimum atomic E-state index is -0.756. The molecule has 3 aromatic heterocycles. The Kier molecular flexibility index (Phi) is 5.92. The predicted molar refractivity (Wildman–Crippen MR) is 104 cm³/mol. The molecule has 1 N–H and O–H groups in total. The highest BCUT2D eigenvalue weighted by molar-refractivity contribution is 7.15. The van der Waals surface area contributed by atoms with Crippen LogP contribution in [0.1, 0.15) is 50.7 Å². The Labute approximate surface area is 169 Å². The van der Waals surface area contributed by atoms with Crippen LogP contribution < -0.4 is 5.32 Å². The smallest absolute Gasteiger partial charge is 0.342 e. The van der Waals surface area contributed by atoms with Crippen LogP contribution in [0.5, 0.6) is 0 Å². The second kappa shape index (κ2) is 8.39. The molecule has 0 fully saturated rings. The van der Waals surface area contributed by atoms with Gasteiger partial charge >= 0.3 is 11.9 Å². The Morgan fingerprint density at radius 1 is 1.17 bits per heavy atom. The fourth-order valence-electron chi connectivity index (χ4n) is 2.79. The summed E-state index contributed by atoms with van der Waals surface area (Å²) in [6, 6.07) is 2.69. The van der Waals surface area contributed by atoms with Gasteiger partial charge in [-0.05, 0) is 32.9 Å². The Balaban J connectivity index is 2.01. The number of hydrogen-bond donors (Lipinski definition) is 1. The number of aromatic nitrogens is 2. The number of rotatable bonds is 6. The van der Waals surface area contributed by atoms with E-state index in [-0.39, 0.29) is 35.0 Å². The molecule has 0 saturated heterocycles. The van der Waals surface area contributed by atoms with Crippen molar-refractivity contribution < 1.29 is 28.2 Å². The number of imidazole rings is 1. The van der Waals surface area contributed by atoms with Crippen molar-refractivity contribution in [3.05, 3.63) is 52.0 Å². The fourth-order valence-corrected chi connectivity index (χ4v) is 3.70. The molecule has 0 aliphatic rings. The summed E-state index contributed by atoms with van der Waals surface area (Å²) in [4.78, 5) is 41.7. The van der Waals surface area contributed by atoms with E-state index in [4.69, 9.17) is 9.47 Å². The topological polar surface area (TPSA) is 99.0 Å². The standard InChI is InChI=1S/C19H18FN3O5S/c1-4-27-18(25)12-9-29-17(14(12)19(26)28-5-2)22-16(24)15-10(3)21-13-7-6-11(20)8-23(13)15/h6-9H,4-5H2,1-3H3,(H,22,24). The SMILES string of the molecule is CCOC(=O)c1csc(NC(=O)c2c(C)nc3ccc(F)cn23)c1C(=O)OCC. The molecule has 3 aromatic rings. The number of fused-ring (bicyclic) bond motifs is 1. The van der Waals surface area contributed by atoms with Gasteiger partial charge in [-0.2, -0.15) is 0 Å². The summed E-state index contributed by atoms with van der Waals surface area (Å²) >= 11 is 0.987. The summed E-state index contributed by atoms with van der Waals surface area (Å²) in [5.74, 6) is -2.59. The first-order chi connectivity index (χ1) is 13.9. The highest BCUT2D eigenvalue weighted by atomic mass is 32.1. The Bertz CT molecular complexity index is 1100. The van der Waals surface area contributed by atoms with E-state index in [2.05, 4.69) is 10.3 Å². The quantitative estimate of drug-likeness (QED) is 0.615. The van der Waals surface area contributed by atoms with E-state index >= 15 is 0 Å². The monoisotopic (exact) mass is 419 g/mol. The van der Waals surface area contributed by atoms with Crippen LogP contribution in [0.3, 0.4) is 0 Å². The number of nitrogens with zero attached hydrogens (tertiary/aromatic N) is 2. The fraction of sp³-hybridized carbons (Fsp3) is 0.263. The van der Waals surface area contributed by atoms with Crippen LogP contribution in [-0.4, -0.2) is 40.4 Å². The second-order valence-electron chi connectivity index (χ2n) is 5.87. The number of aryl methyl sites for hydroxylation is 1. The number of pyridine rings is 1. The van der Waals surface area contributed by atoms with Crippen molar-refractivity contribution >= 4 is 39.8 Å². The predicted octanol–water partition coefficient (Wildman–Crippen LogP) is 3.45. The molecule has 10 heteroatoms. The molecule has 29 heavy (non-hydrogen) atoms. The highest BCUT2D eigenvalue weighted by Crippen LogP contribution is 2.30. The molecule has 0 atom stereocenters. The van der Waals surface area contributed by atoms with Crippen molar-refractivity contribution in [3.63, 3.8) is 0 Å². The van der Waals surface area contributed by atoms with E-state index in [1.807, 2.05) is 0 Å². The molecule has 0 radical (unpaired) electrons. The van der Waals surface area contributed by atoms with Gasteiger partial charge in [0.15, 0.2) is 0 Å². The van der Waals surface area contributed by atoms with Crippen LogP contribution in [0.4, 0.5) is 9.39 Å². The average Bonchev–Trinajstić information content (AvgIpc) is 3.22. The minimum absolute atomic E-state index is 0.00603. The third-order valence-electron chi connectivity index (χ3n) is 3.96. The molecule has 0 aliphatic heterocycles. The highest BCUT2D eigenvalue weighted by Gasteiger charge is 2.28. The Hall–Kier alpha value is -3.27. The summed E-state index contributed by atoms with van der Waals surface area (Å²) in [5.41, 5.74) is 0.819. The number of thiophene rings is 1. The maximum absolute atomic E-state index is 13.6. The zero-order chi connectivity index (χ0) is 21.1. The summed E-state index contributed by atoms with van der Waals surface area (Å²) in [6.07, 6.45) is 1.15. The summed E-state index contributed by atoms with van der Waals surface area (Å²) in [7, 11) is 0. The molecule has 0 spiro atoms. The van der Waals surface area contributed by atoms with Crippen LogP contribution in [-0.2, 0) is 9.47 Å². The normalized spacial score (nSPS) is 10.8. The van der Waals surface area contributed by atoms with Crippen molar-refractivity contribution in [1.82, 2.24) is 9.38 Å². The number of nitrogens with one attached hydrogen (secondary N) is 1. The number of carbonyl (C=O) groups is 3. The van der Waals surface area contributed by atoms with Crippen LogP contribution in [0.25, 0.3) is 5.65 Å². The number of anilines is 1. The molecular weight excluding hydrogens is 401 g/mol. The summed E-state index contributed by atoms with van der Waals surface area (Å²) in [6.45, 7) is 5.11. The first kappa shape index (κ1) is 20.5. The van der Waals surface area contributed by atoms with E-state index in [9.17, 15) is 18.8 Å². The van der Waals surface area contributed by atoms with Crippen LogP contribution in [0, 0.1) is 12.7 Å². The van der Waals surface area contributed by atoms with Gasteiger partial charge in [-0.25, -0.2) is 19.0 Å². The molecule has 0 bridgehead atoms. The first-order valence-corrected chi connectivity index (χ1v) is 9.66. The van der Waals surface area contributed by atoms with Gasteiger partial charge in [0.2, 0.25) is 0 Å². The molecular formula is C19H18FN3O5S. The van der Waals surface area contributed by atoms with E-state index in [0.29, 0.717) is 11.3 Å². The molecule has 0 aliphatic carbocycles. The Morgan fingerprint density at radius 2 is 1.86 bits per heavy atom. The van der Waals surface area contributed by atoms with Crippen LogP contribution >= 0.6 is 11.3 Å². The van der Waals surface area contributed by atoms with E-state index < -0.39 is 23.7 Å². The lowest BCUT2D eigenvalue weighted by Crippen LogP contribution is -2.19. The lowest BCUT2D eigenvalue weighted by atomic mass is 10.2. The molecule has 0 saturated carbocycles. The van der Waals surface area contributed by atoms with Crippen LogP contribution in [0.2, 0.25) is 0 Å². The van der Waals surface area contributed by atoms with E-state index in [0.717, 1.165) is 17.5 Å². The first-order valence-electron chi connectivity index (χ1n) is 8.78. The lowest BCUT2D eigenvalue weighted by Gasteiger charge is -2.09. The van der Waals surface area contributed by atoms with Gasteiger partial charge in [0.05, 0.1) is 24.5 Å². The third kappa shape index (κ3) is 3.97. The third-order valence-corrected chi connectivity index (χ3v) is 4.86. The van der Waals surface area contributed by atoms with Gasteiger partial charge in [-0.1, -0.05) is 0 Å². The molecule has 0 aromatic carbocycles. The second-order valence-corrected chi connectivity index (χ2v) is 6.75. The molecule has 152 valence electrons. The molecule has 1 amide bonds. The molecule has 3 rings (SSSR count).